The maximum absolute atomic E-state index is 12.1. The van der Waals surface area contributed by atoms with Gasteiger partial charge in [-0.15, -0.1) is 24.0 Å². The molecule has 0 radical (unpaired) electrons. The lowest BCUT2D eigenvalue weighted by Gasteiger charge is -2.13. The van der Waals surface area contributed by atoms with Gasteiger partial charge in [0.15, 0.2) is 12.6 Å². The van der Waals surface area contributed by atoms with Gasteiger partial charge in [-0.05, 0) is 24.1 Å². The SMILES string of the molecule is CN=C(NCCCOC)NCc1cccc(OCC(F)(F)F)c1.I. The number of methoxy groups -OCH3 is 1. The molecule has 0 heterocycles. The van der Waals surface area contributed by atoms with Crippen molar-refractivity contribution in [3.05, 3.63) is 29.8 Å². The van der Waals surface area contributed by atoms with Gasteiger partial charge in [-0.1, -0.05) is 12.1 Å². The van der Waals surface area contributed by atoms with Crippen molar-refractivity contribution >= 4 is 29.9 Å². The van der Waals surface area contributed by atoms with Crippen LogP contribution in [0.5, 0.6) is 5.75 Å². The number of ether oxygens (including phenoxy) is 2. The van der Waals surface area contributed by atoms with Crippen LogP contribution >= 0.6 is 24.0 Å². The summed E-state index contributed by atoms with van der Waals surface area (Å²) in [6, 6.07) is 6.51. The molecule has 0 atom stereocenters. The van der Waals surface area contributed by atoms with E-state index < -0.39 is 12.8 Å². The molecule has 0 saturated heterocycles. The third-order valence-electron chi connectivity index (χ3n) is 2.80. The summed E-state index contributed by atoms with van der Waals surface area (Å²) in [5, 5.41) is 6.20. The fourth-order valence-corrected chi connectivity index (χ4v) is 1.74. The Labute approximate surface area is 157 Å². The Hall–Kier alpha value is -1.23. The van der Waals surface area contributed by atoms with Crippen LogP contribution in [0.25, 0.3) is 0 Å². The molecule has 0 aromatic heterocycles. The largest absolute Gasteiger partial charge is 0.484 e. The van der Waals surface area contributed by atoms with E-state index in [0.29, 0.717) is 25.7 Å². The average molecular weight is 461 g/mol. The molecule has 138 valence electrons. The van der Waals surface area contributed by atoms with Gasteiger partial charge in [0, 0.05) is 33.9 Å². The minimum atomic E-state index is -4.34. The Kier molecular flexibility index (Phi) is 11.6. The number of hydrogen-bond donors (Lipinski definition) is 2. The van der Waals surface area contributed by atoms with E-state index >= 15 is 0 Å². The highest BCUT2D eigenvalue weighted by Crippen LogP contribution is 2.19. The van der Waals surface area contributed by atoms with Gasteiger partial charge in [-0.3, -0.25) is 4.99 Å². The molecule has 0 aliphatic carbocycles. The summed E-state index contributed by atoms with van der Waals surface area (Å²) >= 11 is 0. The van der Waals surface area contributed by atoms with Crippen LogP contribution in [0.4, 0.5) is 13.2 Å². The van der Waals surface area contributed by atoms with Crippen LogP contribution in [-0.2, 0) is 11.3 Å². The number of benzene rings is 1. The zero-order valence-corrected chi connectivity index (χ0v) is 16.0. The van der Waals surface area contributed by atoms with Crippen LogP contribution in [0, 0.1) is 0 Å². The molecule has 1 rings (SSSR count). The molecule has 0 aliphatic heterocycles. The van der Waals surface area contributed by atoms with Crippen LogP contribution in [0.15, 0.2) is 29.3 Å². The maximum Gasteiger partial charge on any atom is 0.422 e. The van der Waals surface area contributed by atoms with E-state index in [-0.39, 0.29) is 29.7 Å². The van der Waals surface area contributed by atoms with Gasteiger partial charge in [0.1, 0.15) is 5.75 Å². The zero-order valence-electron chi connectivity index (χ0n) is 13.7. The minimum absolute atomic E-state index is 0. The second-order valence-electron chi connectivity index (χ2n) is 4.75. The molecule has 0 spiro atoms. The molecule has 0 saturated carbocycles. The Morgan fingerprint density at radius 1 is 1.25 bits per heavy atom. The number of halogens is 4. The van der Waals surface area contributed by atoms with Gasteiger partial charge < -0.3 is 20.1 Å². The summed E-state index contributed by atoms with van der Waals surface area (Å²) in [5.74, 6) is 0.799. The molecule has 0 unspecified atom stereocenters. The molecule has 0 fully saturated rings. The first-order valence-corrected chi connectivity index (χ1v) is 7.16. The molecule has 1 aromatic carbocycles. The van der Waals surface area contributed by atoms with E-state index in [1.54, 1.807) is 32.4 Å². The highest BCUT2D eigenvalue weighted by molar-refractivity contribution is 14.0. The quantitative estimate of drug-likeness (QED) is 0.271. The molecule has 5 nitrogen and oxygen atoms in total. The number of hydrogen-bond acceptors (Lipinski definition) is 3. The van der Waals surface area contributed by atoms with Crippen molar-refractivity contribution in [3.8, 4) is 5.75 Å². The molecular formula is C15H23F3IN3O2. The fourth-order valence-electron chi connectivity index (χ4n) is 1.74. The molecule has 0 aliphatic rings. The topological polar surface area (TPSA) is 54.9 Å². The summed E-state index contributed by atoms with van der Waals surface area (Å²) in [5.41, 5.74) is 0.796. The molecule has 0 bridgehead atoms. The third-order valence-corrected chi connectivity index (χ3v) is 2.80. The molecule has 9 heteroatoms. The minimum Gasteiger partial charge on any atom is -0.484 e. The van der Waals surface area contributed by atoms with Gasteiger partial charge in [-0.25, -0.2) is 0 Å². The molecular weight excluding hydrogens is 438 g/mol. The summed E-state index contributed by atoms with van der Waals surface area (Å²) < 4.78 is 46.1. The first kappa shape index (κ1) is 22.8. The molecule has 24 heavy (non-hydrogen) atoms. The second kappa shape index (κ2) is 12.2. The highest BCUT2D eigenvalue weighted by atomic mass is 127. The van der Waals surface area contributed by atoms with Gasteiger partial charge in [-0.2, -0.15) is 13.2 Å². The van der Waals surface area contributed by atoms with E-state index in [0.717, 1.165) is 12.0 Å². The molecule has 1 aromatic rings. The average Bonchev–Trinajstić information content (AvgIpc) is 2.52. The highest BCUT2D eigenvalue weighted by Gasteiger charge is 2.28. The van der Waals surface area contributed by atoms with Gasteiger partial charge in [0.05, 0.1) is 0 Å². The van der Waals surface area contributed by atoms with Crippen LogP contribution in [0.3, 0.4) is 0 Å². The van der Waals surface area contributed by atoms with Crippen molar-refractivity contribution < 1.29 is 22.6 Å². The Balaban J connectivity index is 0.00000529. The van der Waals surface area contributed by atoms with Crippen LogP contribution in [0.2, 0.25) is 0 Å². The van der Waals surface area contributed by atoms with Crippen molar-refractivity contribution in [2.24, 2.45) is 4.99 Å². The van der Waals surface area contributed by atoms with Gasteiger partial charge in [0.2, 0.25) is 0 Å². The standard InChI is InChI=1S/C15H22F3N3O2.HI/c1-19-14(20-7-4-8-22-2)21-10-12-5-3-6-13(9-12)23-11-15(16,17)18;/h3,5-6,9H,4,7-8,10-11H2,1-2H3,(H2,19,20,21);1H. The van der Waals surface area contributed by atoms with Crippen molar-refractivity contribution in [2.45, 2.75) is 19.1 Å². The first-order chi connectivity index (χ1) is 10.9. The molecule has 2 N–H and O–H groups in total. The monoisotopic (exact) mass is 461 g/mol. The Bertz CT molecular complexity index is 499. The van der Waals surface area contributed by atoms with Crippen LogP contribution < -0.4 is 15.4 Å². The normalized spacial score (nSPS) is 11.6. The number of rotatable bonds is 8. The second-order valence-corrected chi connectivity index (χ2v) is 4.75. The van der Waals surface area contributed by atoms with Crippen molar-refractivity contribution in [3.63, 3.8) is 0 Å². The van der Waals surface area contributed by atoms with Crippen LogP contribution in [0.1, 0.15) is 12.0 Å². The lowest BCUT2D eigenvalue weighted by atomic mass is 10.2. The summed E-state index contributed by atoms with van der Waals surface area (Å²) in [6.45, 7) is 0.491. The van der Waals surface area contributed by atoms with E-state index in [2.05, 4.69) is 15.6 Å². The lowest BCUT2D eigenvalue weighted by Crippen LogP contribution is -2.37. The van der Waals surface area contributed by atoms with Crippen molar-refractivity contribution in [1.29, 1.82) is 0 Å². The van der Waals surface area contributed by atoms with Gasteiger partial charge >= 0.3 is 6.18 Å². The summed E-state index contributed by atoms with van der Waals surface area (Å²) in [7, 11) is 3.29. The lowest BCUT2D eigenvalue weighted by molar-refractivity contribution is -0.153. The van der Waals surface area contributed by atoms with E-state index in [9.17, 15) is 13.2 Å². The first-order valence-electron chi connectivity index (χ1n) is 7.16. The number of nitrogens with one attached hydrogen (secondary N) is 2. The Morgan fingerprint density at radius 2 is 2.00 bits per heavy atom. The smallest absolute Gasteiger partial charge is 0.422 e. The number of aliphatic imine (C=N–C) groups is 1. The molecule has 0 amide bonds. The predicted octanol–water partition coefficient (Wildman–Crippen LogP) is 2.95. The van der Waals surface area contributed by atoms with Crippen LogP contribution in [-0.4, -0.2) is 46.1 Å². The third kappa shape index (κ3) is 10.5. The maximum atomic E-state index is 12.1. The van der Waals surface area contributed by atoms with E-state index in [4.69, 9.17) is 9.47 Å². The Morgan fingerprint density at radius 3 is 2.62 bits per heavy atom. The van der Waals surface area contributed by atoms with E-state index in [1.165, 1.54) is 6.07 Å². The fraction of sp³-hybridized carbons (Fsp3) is 0.533. The van der Waals surface area contributed by atoms with Gasteiger partial charge in [0.25, 0.3) is 0 Å². The van der Waals surface area contributed by atoms with Crippen molar-refractivity contribution in [2.75, 3.05) is 33.9 Å². The number of alkyl halides is 3. The number of nitrogens with zero attached hydrogens (tertiary/aromatic N) is 1. The summed E-state index contributed by atoms with van der Waals surface area (Å²) in [6.07, 6.45) is -3.50. The zero-order chi connectivity index (χ0) is 17.1. The summed E-state index contributed by atoms with van der Waals surface area (Å²) in [4.78, 5) is 4.07. The van der Waals surface area contributed by atoms with E-state index in [1.807, 2.05) is 0 Å². The predicted molar refractivity (Wildman–Crippen MR) is 98.1 cm³/mol. The van der Waals surface area contributed by atoms with Crippen molar-refractivity contribution in [1.82, 2.24) is 10.6 Å². The number of guanidine groups is 1.